The Hall–Kier alpha value is -2.41. The van der Waals surface area contributed by atoms with Crippen molar-refractivity contribution in [2.75, 3.05) is 19.0 Å². The largest absolute Gasteiger partial charge is 0.378 e. The van der Waals surface area contributed by atoms with E-state index in [1.165, 1.54) is 0 Å². The highest BCUT2D eigenvalue weighted by molar-refractivity contribution is 5.51. The highest BCUT2D eigenvalue weighted by Crippen LogP contribution is 2.12. The van der Waals surface area contributed by atoms with Gasteiger partial charge in [0.05, 0.1) is 18.0 Å². The Balaban J connectivity index is 2.29. The molecule has 4 heteroatoms. The number of anilines is 1. The summed E-state index contributed by atoms with van der Waals surface area (Å²) >= 11 is 0. The van der Waals surface area contributed by atoms with Crippen molar-refractivity contribution in [3.63, 3.8) is 0 Å². The summed E-state index contributed by atoms with van der Waals surface area (Å²) in [4.78, 5) is 5.36. The van der Waals surface area contributed by atoms with Crippen LogP contribution in [-0.4, -0.2) is 19.1 Å². The number of rotatable bonds is 1. The van der Waals surface area contributed by atoms with E-state index in [2.05, 4.69) is 16.8 Å². The SMILES string of the molecule is CN(C)c1ccc(C#Cc2c(F)cncc2F)cc1. The highest BCUT2D eigenvalue weighted by Gasteiger charge is 2.05. The zero-order valence-electron chi connectivity index (χ0n) is 10.6. The summed E-state index contributed by atoms with van der Waals surface area (Å²) in [5.41, 5.74) is 1.47. The summed E-state index contributed by atoms with van der Waals surface area (Å²) in [6, 6.07) is 7.39. The van der Waals surface area contributed by atoms with Crippen molar-refractivity contribution in [1.29, 1.82) is 0 Å². The Kier molecular flexibility index (Phi) is 3.76. The fraction of sp³-hybridized carbons (Fsp3) is 0.133. The van der Waals surface area contributed by atoms with Gasteiger partial charge in [-0.25, -0.2) is 8.78 Å². The number of aromatic nitrogens is 1. The van der Waals surface area contributed by atoms with E-state index >= 15 is 0 Å². The summed E-state index contributed by atoms with van der Waals surface area (Å²) < 4.78 is 26.6. The lowest BCUT2D eigenvalue weighted by molar-refractivity contribution is 0.567. The first-order valence-corrected chi connectivity index (χ1v) is 5.66. The fourth-order valence-corrected chi connectivity index (χ4v) is 1.51. The zero-order chi connectivity index (χ0) is 13.8. The van der Waals surface area contributed by atoms with E-state index in [0.29, 0.717) is 5.56 Å². The molecule has 19 heavy (non-hydrogen) atoms. The number of pyridine rings is 1. The lowest BCUT2D eigenvalue weighted by atomic mass is 10.2. The van der Waals surface area contributed by atoms with Gasteiger partial charge in [-0.3, -0.25) is 4.98 Å². The molecule has 0 aliphatic carbocycles. The van der Waals surface area contributed by atoms with Gasteiger partial charge in [0.2, 0.25) is 0 Å². The molecule has 0 N–H and O–H groups in total. The van der Waals surface area contributed by atoms with Crippen LogP contribution in [0, 0.1) is 23.5 Å². The number of hydrogen-bond acceptors (Lipinski definition) is 2. The van der Waals surface area contributed by atoms with Gasteiger partial charge in [0.25, 0.3) is 0 Å². The molecule has 2 rings (SSSR count). The van der Waals surface area contributed by atoms with Crippen molar-refractivity contribution in [1.82, 2.24) is 4.98 Å². The Morgan fingerprint density at radius 3 is 2.05 bits per heavy atom. The topological polar surface area (TPSA) is 16.1 Å². The van der Waals surface area contributed by atoms with E-state index in [1.54, 1.807) is 12.1 Å². The average molecular weight is 258 g/mol. The second-order valence-electron chi connectivity index (χ2n) is 4.17. The molecule has 2 aromatic rings. The molecular formula is C15H12F2N2. The maximum Gasteiger partial charge on any atom is 0.160 e. The summed E-state index contributed by atoms with van der Waals surface area (Å²) in [5, 5.41) is 0. The summed E-state index contributed by atoms with van der Waals surface area (Å²) in [7, 11) is 3.87. The highest BCUT2D eigenvalue weighted by atomic mass is 19.1. The number of benzene rings is 1. The van der Waals surface area contributed by atoms with Crippen molar-refractivity contribution in [3.05, 3.63) is 59.4 Å². The molecular weight excluding hydrogens is 246 g/mol. The fourth-order valence-electron chi connectivity index (χ4n) is 1.51. The lowest BCUT2D eigenvalue weighted by Gasteiger charge is -2.11. The Labute approximate surface area is 110 Å². The van der Waals surface area contributed by atoms with Crippen molar-refractivity contribution in [2.45, 2.75) is 0 Å². The molecule has 0 saturated carbocycles. The molecule has 0 bridgehead atoms. The van der Waals surface area contributed by atoms with Crippen LogP contribution in [0.4, 0.5) is 14.5 Å². The third-order valence-corrected chi connectivity index (χ3v) is 2.57. The van der Waals surface area contributed by atoms with Crippen LogP contribution in [0.3, 0.4) is 0 Å². The van der Waals surface area contributed by atoms with Crippen molar-refractivity contribution in [2.24, 2.45) is 0 Å². The molecule has 0 unspecified atom stereocenters. The van der Waals surface area contributed by atoms with Gasteiger partial charge in [-0.05, 0) is 24.3 Å². The zero-order valence-corrected chi connectivity index (χ0v) is 10.6. The van der Waals surface area contributed by atoms with Crippen LogP contribution in [0.2, 0.25) is 0 Å². The number of hydrogen-bond donors (Lipinski definition) is 0. The molecule has 1 aromatic carbocycles. The predicted octanol–water partition coefficient (Wildman–Crippen LogP) is 2.83. The maximum absolute atomic E-state index is 13.3. The first kappa shape index (κ1) is 13.0. The van der Waals surface area contributed by atoms with E-state index in [-0.39, 0.29) is 5.56 Å². The first-order valence-electron chi connectivity index (χ1n) is 5.66. The minimum Gasteiger partial charge on any atom is -0.378 e. The quantitative estimate of drug-likeness (QED) is 0.731. The van der Waals surface area contributed by atoms with Crippen LogP contribution in [0.25, 0.3) is 0 Å². The van der Waals surface area contributed by atoms with Crippen LogP contribution in [0.5, 0.6) is 0 Å². The van der Waals surface area contributed by atoms with Crippen LogP contribution in [0.1, 0.15) is 11.1 Å². The second kappa shape index (κ2) is 5.49. The molecule has 0 radical (unpaired) electrons. The van der Waals surface area contributed by atoms with Crippen LogP contribution < -0.4 is 4.90 Å². The van der Waals surface area contributed by atoms with E-state index in [1.807, 2.05) is 31.1 Å². The Morgan fingerprint density at radius 1 is 0.947 bits per heavy atom. The number of halogens is 2. The molecule has 0 aliphatic heterocycles. The second-order valence-corrected chi connectivity index (χ2v) is 4.17. The molecule has 96 valence electrons. The van der Waals surface area contributed by atoms with Gasteiger partial charge in [0.1, 0.15) is 0 Å². The van der Waals surface area contributed by atoms with E-state index in [9.17, 15) is 8.78 Å². The van der Waals surface area contributed by atoms with E-state index in [4.69, 9.17) is 0 Å². The maximum atomic E-state index is 13.3. The summed E-state index contributed by atoms with van der Waals surface area (Å²) in [6.07, 6.45) is 1.89. The van der Waals surface area contributed by atoms with Crippen molar-refractivity contribution >= 4 is 5.69 Å². The molecule has 0 amide bonds. The lowest BCUT2D eigenvalue weighted by Crippen LogP contribution is -2.07. The van der Waals surface area contributed by atoms with E-state index < -0.39 is 11.6 Å². The van der Waals surface area contributed by atoms with Crippen LogP contribution >= 0.6 is 0 Å². The minimum atomic E-state index is -0.752. The molecule has 1 heterocycles. The molecule has 0 atom stereocenters. The Bertz CT molecular complexity index is 617. The van der Waals surface area contributed by atoms with Gasteiger partial charge in [0, 0.05) is 25.3 Å². The standard InChI is InChI=1S/C15H12F2N2/c1-19(2)12-6-3-11(4-7-12)5-8-13-14(16)9-18-10-15(13)17/h3-4,6-7,9-10H,1-2H3. The molecule has 0 fully saturated rings. The summed E-state index contributed by atoms with van der Waals surface area (Å²) in [5.74, 6) is 3.72. The van der Waals surface area contributed by atoms with Gasteiger partial charge in [-0.2, -0.15) is 0 Å². The van der Waals surface area contributed by atoms with Gasteiger partial charge in [-0.1, -0.05) is 11.8 Å². The third-order valence-electron chi connectivity index (χ3n) is 2.57. The smallest absolute Gasteiger partial charge is 0.160 e. The Morgan fingerprint density at radius 2 is 1.53 bits per heavy atom. The van der Waals surface area contributed by atoms with Crippen LogP contribution in [0.15, 0.2) is 36.7 Å². The number of nitrogens with zero attached hydrogens (tertiary/aromatic N) is 2. The normalized spacial score (nSPS) is 9.68. The summed E-state index contributed by atoms with van der Waals surface area (Å²) in [6.45, 7) is 0. The first-order chi connectivity index (χ1) is 9.08. The predicted molar refractivity (Wildman–Crippen MR) is 70.9 cm³/mol. The van der Waals surface area contributed by atoms with Gasteiger partial charge < -0.3 is 4.90 Å². The monoisotopic (exact) mass is 258 g/mol. The third kappa shape index (κ3) is 3.08. The van der Waals surface area contributed by atoms with Gasteiger partial charge in [-0.15, -0.1) is 0 Å². The molecule has 1 aromatic heterocycles. The van der Waals surface area contributed by atoms with Gasteiger partial charge in [0.15, 0.2) is 11.6 Å². The molecule has 0 spiro atoms. The average Bonchev–Trinajstić information content (AvgIpc) is 2.38. The van der Waals surface area contributed by atoms with Crippen molar-refractivity contribution < 1.29 is 8.78 Å². The van der Waals surface area contributed by atoms with E-state index in [0.717, 1.165) is 18.1 Å². The molecule has 0 aliphatic rings. The molecule has 2 nitrogen and oxygen atoms in total. The van der Waals surface area contributed by atoms with Crippen molar-refractivity contribution in [3.8, 4) is 11.8 Å². The molecule has 0 saturated heterocycles. The van der Waals surface area contributed by atoms with Gasteiger partial charge >= 0.3 is 0 Å². The minimum absolute atomic E-state index is 0.258. The van der Waals surface area contributed by atoms with Crippen LogP contribution in [-0.2, 0) is 0 Å².